The van der Waals surface area contributed by atoms with E-state index in [4.69, 9.17) is 18.9 Å². The summed E-state index contributed by atoms with van der Waals surface area (Å²) in [6.07, 6.45) is -0.807. The van der Waals surface area contributed by atoms with Crippen molar-refractivity contribution in [2.24, 2.45) is 0 Å². The molecule has 0 aliphatic rings. The average Bonchev–Trinajstić information content (AvgIpc) is 2.84. The third-order valence-electron chi connectivity index (χ3n) is 4.43. The van der Waals surface area contributed by atoms with Gasteiger partial charge in [-0.3, -0.25) is 9.59 Å². The minimum Gasteiger partial charge on any atom is -0.493 e. The number of carbonyl (C=O) groups is 3. The monoisotopic (exact) mass is 464 g/mol. The van der Waals surface area contributed by atoms with Crippen LogP contribution in [0.15, 0.2) is 72.8 Å². The van der Waals surface area contributed by atoms with Gasteiger partial charge in [0, 0.05) is 16.9 Å². The van der Waals surface area contributed by atoms with Crippen molar-refractivity contribution in [3.63, 3.8) is 0 Å². The van der Waals surface area contributed by atoms with Crippen molar-refractivity contribution in [1.82, 2.24) is 0 Å². The molecule has 0 radical (unpaired) electrons. The molecule has 0 spiro atoms. The predicted octanol–water partition coefficient (Wildman–Crippen LogP) is 4.50. The van der Waals surface area contributed by atoms with Crippen LogP contribution in [0.5, 0.6) is 17.2 Å². The van der Waals surface area contributed by atoms with E-state index in [0.29, 0.717) is 28.4 Å². The molecule has 2 amide bonds. The second kappa shape index (κ2) is 11.9. The van der Waals surface area contributed by atoms with E-state index in [9.17, 15) is 14.4 Å². The number of hydrogen-bond acceptors (Lipinski definition) is 7. The van der Waals surface area contributed by atoms with Crippen molar-refractivity contribution in [2.45, 2.75) is 6.92 Å². The topological polar surface area (TPSA) is 112 Å². The maximum atomic E-state index is 12.4. The van der Waals surface area contributed by atoms with Gasteiger partial charge in [0.1, 0.15) is 5.75 Å². The summed E-state index contributed by atoms with van der Waals surface area (Å²) >= 11 is 0. The zero-order chi connectivity index (χ0) is 24.3. The maximum absolute atomic E-state index is 12.4. The lowest BCUT2D eigenvalue weighted by atomic mass is 10.2. The number of rotatable bonds is 9. The first-order valence-corrected chi connectivity index (χ1v) is 10.4. The first kappa shape index (κ1) is 24.1. The summed E-state index contributed by atoms with van der Waals surface area (Å²) < 4.78 is 20.4. The third kappa shape index (κ3) is 6.99. The second-order valence-corrected chi connectivity index (χ2v) is 6.83. The SMILES string of the molecule is CCOC(=O)Oc1ccc(C(=O)Nc2ccc(NC(=O)COc3ccccc3OC)cc2)cc1. The largest absolute Gasteiger partial charge is 0.513 e. The fraction of sp³-hybridized carbons (Fsp3) is 0.160. The van der Waals surface area contributed by atoms with Crippen molar-refractivity contribution in [3.8, 4) is 17.2 Å². The van der Waals surface area contributed by atoms with Crippen LogP contribution in [0.4, 0.5) is 16.2 Å². The number of anilines is 2. The van der Waals surface area contributed by atoms with Gasteiger partial charge in [-0.05, 0) is 67.6 Å². The first-order chi connectivity index (χ1) is 16.5. The van der Waals surface area contributed by atoms with E-state index in [1.165, 1.54) is 31.4 Å². The van der Waals surface area contributed by atoms with Gasteiger partial charge in [-0.15, -0.1) is 0 Å². The van der Waals surface area contributed by atoms with Crippen LogP contribution in [0.3, 0.4) is 0 Å². The lowest BCUT2D eigenvalue weighted by Crippen LogP contribution is -2.20. The number of para-hydroxylation sites is 2. The van der Waals surface area contributed by atoms with Crippen LogP contribution in [0.1, 0.15) is 17.3 Å². The average molecular weight is 464 g/mol. The fourth-order valence-corrected chi connectivity index (χ4v) is 2.84. The van der Waals surface area contributed by atoms with Gasteiger partial charge in [-0.2, -0.15) is 0 Å². The molecule has 9 heteroatoms. The Labute approximate surface area is 196 Å². The lowest BCUT2D eigenvalue weighted by molar-refractivity contribution is -0.118. The van der Waals surface area contributed by atoms with Crippen molar-refractivity contribution >= 4 is 29.3 Å². The summed E-state index contributed by atoms with van der Waals surface area (Å²) in [7, 11) is 1.53. The van der Waals surface area contributed by atoms with Crippen LogP contribution in [0, 0.1) is 0 Å². The van der Waals surface area contributed by atoms with Gasteiger partial charge in [-0.1, -0.05) is 12.1 Å². The van der Waals surface area contributed by atoms with E-state index < -0.39 is 6.16 Å². The quantitative estimate of drug-likeness (QED) is 0.354. The van der Waals surface area contributed by atoms with Gasteiger partial charge in [0.2, 0.25) is 0 Å². The Kier molecular flexibility index (Phi) is 8.45. The first-order valence-electron chi connectivity index (χ1n) is 10.4. The van der Waals surface area contributed by atoms with E-state index in [1.807, 2.05) is 6.07 Å². The summed E-state index contributed by atoms with van der Waals surface area (Å²) in [5.74, 6) is 0.595. The summed E-state index contributed by atoms with van der Waals surface area (Å²) in [6.45, 7) is 1.69. The van der Waals surface area contributed by atoms with Crippen molar-refractivity contribution in [2.75, 3.05) is 31.0 Å². The van der Waals surface area contributed by atoms with Gasteiger partial charge >= 0.3 is 6.16 Å². The van der Waals surface area contributed by atoms with Gasteiger partial charge < -0.3 is 29.6 Å². The Balaban J connectivity index is 1.49. The van der Waals surface area contributed by atoms with Gasteiger partial charge in [-0.25, -0.2) is 4.79 Å². The molecule has 0 saturated carbocycles. The molecule has 0 fully saturated rings. The molecule has 2 N–H and O–H groups in total. The summed E-state index contributed by atoms with van der Waals surface area (Å²) in [6, 6.07) is 19.7. The highest BCUT2D eigenvalue weighted by Gasteiger charge is 2.10. The molecule has 0 aliphatic carbocycles. The van der Waals surface area contributed by atoms with Crippen LogP contribution in [-0.4, -0.2) is 38.3 Å². The van der Waals surface area contributed by atoms with E-state index in [2.05, 4.69) is 10.6 Å². The van der Waals surface area contributed by atoms with Crippen LogP contribution in [0.2, 0.25) is 0 Å². The Morgan fingerprint density at radius 3 is 2.03 bits per heavy atom. The molecule has 0 aliphatic heterocycles. The number of carbonyl (C=O) groups excluding carboxylic acids is 3. The van der Waals surface area contributed by atoms with E-state index >= 15 is 0 Å². The number of amides is 2. The number of methoxy groups -OCH3 is 1. The molecule has 0 aromatic heterocycles. The molecule has 0 atom stereocenters. The van der Waals surface area contributed by atoms with Crippen LogP contribution in [-0.2, 0) is 9.53 Å². The summed E-state index contributed by atoms with van der Waals surface area (Å²) in [4.78, 5) is 36.0. The molecule has 0 saturated heterocycles. The highest BCUT2D eigenvalue weighted by Crippen LogP contribution is 2.25. The molecular weight excluding hydrogens is 440 g/mol. The van der Waals surface area contributed by atoms with E-state index in [-0.39, 0.29) is 30.8 Å². The molecule has 3 aromatic carbocycles. The molecule has 0 unspecified atom stereocenters. The zero-order valence-electron chi connectivity index (χ0n) is 18.7. The Hall–Kier alpha value is -4.53. The second-order valence-electron chi connectivity index (χ2n) is 6.83. The lowest BCUT2D eigenvalue weighted by Gasteiger charge is -2.11. The number of nitrogens with one attached hydrogen (secondary N) is 2. The number of ether oxygens (including phenoxy) is 4. The fourth-order valence-electron chi connectivity index (χ4n) is 2.84. The summed E-state index contributed by atoms with van der Waals surface area (Å²) in [5.41, 5.74) is 1.47. The van der Waals surface area contributed by atoms with Crippen molar-refractivity contribution in [1.29, 1.82) is 0 Å². The Bertz CT molecular complexity index is 1130. The van der Waals surface area contributed by atoms with E-state index in [1.54, 1.807) is 49.4 Å². The van der Waals surface area contributed by atoms with E-state index in [0.717, 1.165) is 0 Å². The van der Waals surface area contributed by atoms with Gasteiger partial charge in [0.25, 0.3) is 11.8 Å². The van der Waals surface area contributed by atoms with Crippen molar-refractivity contribution in [3.05, 3.63) is 78.4 Å². The molecule has 3 aromatic rings. The molecule has 3 rings (SSSR count). The molecular formula is C25H24N2O7. The molecule has 34 heavy (non-hydrogen) atoms. The number of hydrogen-bond donors (Lipinski definition) is 2. The van der Waals surface area contributed by atoms with Gasteiger partial charge in [0.05, 0.1) is 13.7 Å². The number of benzene rings is 3. The molecule has 9 nitrogen and oxygen atoms in total. The Morgan fingerprint density at radius 2 is 1.41 bits per heavy atom. The van der Waals surface area contributed by atoms with Crippen LogP contribution in [0.25, 0.3) is 0 Å². The minimum atomic E-state index is -0.807. The zero-order valence-corrected chi connectivity index (χ0v) is 18.7. The molecule has 176 valence electrons. The smallest absolute Gasteiger partial charge is 0.493 e. The van der Waals surface area contributed by atoms with Crippen LogP contribution >= 0.6 is 0 Å². The normalized spacial score (nSPS) is 10.1. The highest BCUT2D eigenvalue weighted by molar-refractivity contribution is 6.04. The summed E-state index contributed by atoms with van der Waals surface area (Å²) in [5, 5.41) is 5.48. The predicted molar refractivity (Wildman–Crippen MR) is 126 cm³/mol. The minimum absolute atomic E-state index is 0.186. The Morgan fingerprint density at radius 1 is 0.794 bits per heavy atom. The van der Waals surface area contributed by atoms with Gasteiger partial charge in [0.15, 0.2) is 18.1 Å². The van der Waals surface area contributed by atoms with Crippen molar-refractivity contribution < 1.29 is 33.3 Å². The standard InChI is InChI=1S/C25H24N2O7/c1-3-32-25(30)34-20-14-8-17(9-15-20)24(29)27-19-12-10-18(11-13-19)26-23(28)16-33-22-7-5-4-6-21(22)31-2/h4-15H,3,16H2,1-2H3,(H,26,28)(H,27,29). The highest BCUT2D eigenvalue weighted by atomic mass is 16.7. The molecule has 0 heterocycles. The molecule has 0 bridgehead atoms. The third-order valence-corrected chi connectivity index (χ3v) is 4.43. The van der Waals surface area contributed by atoms with Crippen LogP contribution < -0.4 is 24.8 Å². The maximum Gasteiger partial charge on any atom is 0.513 e.